The number of methoxy groups -OCH3 is 1. The van der Waals surface area contributed by atoms with Gasteiger partial charge in [0.15, 0.2) is 11.8 Å². The van der Waals surface area contributed by atoms with E-state index in [1.165, 1.54) is 31.0 Å². The lowest BCUT2D eigenvalue weighted by Crippen LogP contribution is -2.48. The van der Waals surface area contributed by atoms with E-state index in [4.69, 9.17) is 9.47 Å². The van der Waals surface area contributed by atoms with E-state index in [0.29, 0.717) is 12.1 Å². The van der Waals surface area contributed by atoms with Crippen molar-refractivity contribution in [3.05, 3.63) is 102 Å². The highest BCUT2D eigenvalue weighted by Crippen LogP contribution is 2.40. The first kappa shape index (κ1) is 30.8. The Hall–Kier alpha value is -3.16. The molecule has 1 aliphatic heterocycles. The Kier molecular flexibility index (Phi) is 9.92. The Labute approximate surface area is 248 Å². The van der Waals surface area contributed by atoms with Gasteiger partial charge in [-0.1, -0.05) is 78.4 Å². The topological polar surface area (TPSA) is 123 Å². The molecule has 0 bridgehead atoms. The van der Waals surface area contributed by atoms with Gasteiger partial charge in [-0.05, 0) is 44.0 Å². The number of aryl methyl sites for hydroxylation is 1. The molecular weight excluding hydrogens is 583 g/mol. The number of nitrogens with one attached hydrogen (secondary N) is 2. The highest BCUT2D eigenvalue weighted by molar-refractivity contribution is 8.08. The van der Waals surface area contributed by atoms with Crippen LogP contribution in [-0.2, 0) is 29.1 Å². The molecule has 41 heavy (non-hydrogen) atoms. The number of sulfonamides is 1. The van der Waals surface area contributed by atoms with Crippen LogP contribution in [0.25, 0.3) is 0 Å². The summed E-state index contributed by atoms with van der Waals surface area (Å²) in [6, 6.07) is 24.4. The standard InChI is InChI=1S/C29H31N3O6S3/c1-19-15-17-22(18-16-19)41(35,36)32-40-31-23(27(33)37-4)26-30-25(29(2,3)39-26)28(34)38-24(20-11-7-5-8-12-20)21-13-9-6-10-14-21/h5-18,24-26,30,32H,1-4H3/b31-23-/t25-,26+/m0/s1. The van der Waals surface area contributed by atoms with Crippen LogP contribution in [0.4, 0.5) is 0 Å². The second-order valence-electron chi connectivity index (χ2n) is 9.80. The van der Waals surface area contributed by atoms with Crippen molar-refractivity contribution in [1.29, 1.82) is 0 Å². The van der Waals surface area contributed by atoms with Crippen LogP contribution in [0.3, 0.4) is 0 Å². The fourth-order valence-corrected chi connectivity index (χ4v) is 7.33. The Morgan fingerprint density at radius 3 is 2.07 bits per heavy atom. The van der Waals surface area contributed by atoms with Gasteiger partial charge in [0, 0.05) is 4.75 Å². The molecule has 0 unspecified atom stereocenters. The number of carbonyl (C=O) groups is 2. The molecule has 4 rings (SSSR count). The van der Waals surface area contributed by atoms with Gasteiger partial charge in [-0.3, -0.25) is 10.1 Å². The van der Waals surface area contributed by atoms with E-state index < -0.39 is 44.2 Å². The Bertz CT molecular complexity index is 1460. The Balaban J connectivity index is 1.52. The van der Waals surface area contributed by atoms with Crippen molar-refractivity contribution < 1.29 is 27.5 Å². The van der Waals surface area contributed by atoms with Crippen LogP contribution in [0, 0.1) is 6.92 Å². The molecule has 1 fully saturated rings. The second kappa shape index (κ2) is 13.2. The first-order chi connectivity index (χ1) is 19.5. The summed E-state index contributed by atoms with van der Waals surface area (Å²) in [7, 11) is -2.68. The number of ether oxygens (including phenoxy) is 2. The molecule has 1 saturated heterocycles. The molecule has 216 valence electrons. The maximum Gasteiger partial charge on any atom is 0.355 e. The average Bonchev–Trinajstić information content (AvgIpc) is 3.29. The molecule has 0 radical (unpaired) electrons. The number of benzene rings is 3. The molecule has 0 spiro atoms. The van der Waals surface area contributed by atoms with Crippen LogP contribution in [0.15, 0.2) is 94.2 Å². The molecule has 2 N–H and O–H groups in total. The zero-order valence-electron chi connectivity index (χ0n) is 22.9. The molecule has 1 heterocycles. The van der Waals surface area contributed by atoms with Gasteiger partial charge in [-0.25, -0.2) is 13.2 Å². The Morgan fingerprint density at radius 1 is 0.976 bits per heavy atom. The monoisotopic (exact) mass is 613 g/mol. The van der Waals surface area contributed by atoms with Gasteiger partial charge in [-0.15, -0.1) is 15.9 Å². The van der Waals surface area contributed by atoms with Gasteiger partial charge in [0.2, 0.25) is 0 Å². The molecule has 0 aromatic heterocycles. The van der Waals surface area contributed by atoms with E-state index in [1.807, 2.05) is 81.4 Å². The summed E-state index contributed by atoms with van der Waals surface area (Å²) in [5.41, 5.74) is 2.48. The summed E-state index contributed by atoms with van der Waals surface area (Å²) in [6.45, 7) is 5.57. The van der Waals surface area contributed by atoms with Gasteiger partial charge in [0.25, 0.3) is 10.0 Å². The molecule has 0 aliphatic carbocycles. The summed E-state index contributed by atoms with van der Waals surface area (Å²) < 4.78 is 42.1. The summed E-state index contributed by atoms with van der Waals surface area (Å²) in [6.07, 6.45) is -0.632. The van der Waals surface area contributed by atoms with Crippen LogP contribution < -0.4 is 9.44 Å². The number of nitrogens with zero attached hydrogens (tertiary/aromatic N) is 1. The van der Waals surface area contributed by atoms with E-state index in [2.05, 4.69) is 13.8 Å². The van der Waals surface area contributed by atoms with Crippen LogP contribution in [0.1, 0.15) is 36.6 Å². The van der Waals surface area contributed by atoms with Crippen molar-refractivity contribution >= 4 is 51.6 Å². The van der Waals surface area contributed by atoms with Gasteiger partial charge < -0.3 is 9.47 Å². The van der Waals surface area contributed by atoms with Crippen molar-refractivity contribution in [3.8, 4) is 0 Å². The number of hydrogen-bond donors (Lipinski definition) is 2. The predicted molar refractivity (Wildman–Crippen MR) is 162 cm³/mol. The Morgan fingerprint density at radius 2 is 1.54 bits per heavy atom. The first-order valence-electron chi connectivity index (χ1n) is 12.7. The van der Waals surface area contributed by atoms with Gasteiger partial charge in [-0.2, -0.15) is 4.40 Å². The highest BCUT2D eigenvalue weighted by Gasteiger charge is 2.49. The first-order valence-corrected chi connectivity index (χ1v) is 15.8. The third-order valence-electron chi connectivity index (χ3n) is 6.37. The molecular formula is C29H31N3O6S3. The maximum absolute atomic E-state index is 13.6. The number of rotatable bonds is 10. The van der Waals surface area contributed by atoms with E-state index in [-0.39, 0.29) is 10.6 Å². The minimum atomic E-state index is -3.89. The lowest BCUT2D eigenvalue weighted by Gasteiger charge is -2.26. The van der Waals surface area contributed by atoms with Crippen molar-refractivity contribution in [2.75, 3.05) is 7.11 Å². The van der Waals surface area contributed by atoms with Crippen LogP contribution in [-0.4, -0.2) is 49.3 Å². The van der Waals surface area contributed by atoms with E-state index in [0.717, 1.165) is 16.7 Å². The zero-order chi connectivity index (χ0) is 29.6. The summed E-state index contributed by atoms with van der Waals surface area (Å²) >= 11 is 1.79. The molecule has 0 amide bonds. The maximum atomic E-state index is 13.6. The fraction of sp³-hybridized carbons (Fsp3) is 0.276. The second-order valence-corrected chi connectivity index (χ2v) is 14.1. The average molecular weight is 614 g/mol. The molecule has 3 aromatic carbocycles. The van der Waals surface area contributed by atoms with Gasteiger partial charge in [0.1, 0.15) is 11.4 Å². The molecule has 0 saturated carbocycles. The van der Waals surface area contributed by atoms with Crippen LogP contribution in [0.5, 0.6) is 0 Å². The minimum Gasteiger partial charge on any atom is -0.464 e. The normalized spacial score (nSPS) is 18.7. The van der Waals surface area contributed by atoms with Crippen molar-refractivity contribution in [2.45, 2.75) is 47.9 Å². The van der Waals surface area contributed by atoms with Gasteiger partial charge in [0.05, 0.1) is 24.1 Å². The molecule has 3 aromatic rings. The molecule has 2 atom stereocenters. The summed E-state index contributed by atoms with van der Waals surface area (Å²) in [5.74, 6) is -1.26. The van der Waals surface area contributed by atoms with Crippen molar-refractivity contribution in [3.63, 3.8) is 0 Å². The van der Waals surface area contributed by atoms with E-state index >= 15 is 0 Å². The van der Waals surface area contributed by atoms with Crippen molar-refractivity contribution in [2.24, 2.45) is 4.40 Å². The molecule has 9 nitrogen and oxygen atoms in total. The lowest BCUT2D eigenvalue weighted by atomic mass is 10.00. The third kappa shape index (κ3) is 7.57. The summed E-state index contributed by atoms with van der Waals surface area (Å²) in [4.78, 5) is 26.3. The molecule has 1 aliphatic rings. The quantitative estimate of drug-likeness (QED) is 0.192. The number of thioether (sulfide) groups is 1. The van der Waals surface area contributed by atoms with Gasteiger partial charge >= 0.3 is 11.9 Å². The lowest BCUT2D eigenvalue weighted by molar-refractivity contribution is -0.150. The number of hydrogen-bond acceptors (Lipinski definition) is 10. The molecule has 12 heteroatoms. The largest absolute Gasteiger partial charge is 0.464 e. The summed E-state index contributed by atoms with van der Waals surface area (Å²) in [5, 5.41) is 2.39. The predicted octanol–water partition coefficient (Wildman–Crippen LogP) is 4.59. The zero-order valence-corrected chi connectivity index (χ0v) is 25.4. The fourth-order valence-electron chi connectivity index (χ4n) is 4.19. The van der Waals surface area contributed by atoms with Crippen LogP contribution >= 0.6 is 23.9 Å². The number of esters is 2. The van der Waals surface area contributed by atoms with E-state index in [1.54, 1.807) is 12.1 Å². The smallest absolute Gasteiger partial charge is 0.355 e. The number of carbonyl (C=O) groups excluding carboxylic acids is 2. The van der Waals surface area contributed by atoms with E-state index in [9.17, 15) is 18.0 Å². The van der Waals surface area contributed by atoms with Crippen LogP contribution in [0.2, 0.25) is 0 Å². The highest BCUT2D eigenvalue weighted by atomic mass is 32.3. The van der Waals surface area contributed by atoms with Crippen molar-refractivity contribution in [1.82, 2.24) is 9.44 Å². The third-order valence-corrected chi connectivity index (χ3v) is 10.2. The SMILES string of the molecule is COC(=O)/C(=N\SNS(=O)(=O)c1ccc(C)cc1)[C@@H]1N[C@@H](C(=O)OC(c2ccccc2)c2ccccc2)C(C)(C)S1. The minimum absolute atomic E-state index is 0.0640.